The fourth-order valence-electron chi connectivity index (χ4n) is 0. The van der Waals surface area contributed by atoms with Crippen LogP contribution >= 0.6 is 0 Å². The van der Waals surface area contributed by atoms with E-state index >= 15 is 0 Å². The predicted molar refractivity (Wildman–Crippen MR) is 22.1 cm³/mol. The Morgan fingerprint density at radius 2 is 0.400 bits per heavy atom. The van der Waals surface area contributed by atoms with Gasteiger partial charge in [0.1, 0.15) is 0 Å². The molecule has 0 spiro atoms. The van der Waals surface area contributed by atoms with Gasteiger partial charge in [-0.15, -0.1) is 0 Å². The van der Waals surface area contributed by atoms with Gasteiger partial charge in [-0.2, -0.15) is 0 Å². The van der Waals surface area contributed by atoms with Gasteiger partial charge in [-0.1, -0.05) is 0 Å². The fourth-order valence-corrected chi connectivity index (χ4v) is 0. The largest absolute Gasteiger partial charge is 3.00 e. The molecular weight excluding hydrogens is 582 g/mol. The molecule has 0 atom stereocenters. The summed E-state index contributed by atoms with van der Waals surface area (Å²) in [4.78, 5) is 0. The molecule has 32 valence electrons. The number of rotatable bonds is 0. The molecule has 0 radical (unpaired) electrons. The summed E-state index contributed by atoms with van der Waals surface area (Å²) in [6.45, 7) is 0. The summed E-state index contributed by atoms with van der Waals surface area (Å²) in [5.41, 5.74) is 0. The van der Waals surface area contributed by atoms with Crippen LogP contribution in [0.15, 0.2) is 0 Å². The van der Waals surface area contributed by atoms with Gasteiger partial charge in [-0.05, 0) is 0 Å². The normalized spacial score (nSPS) is 0. The van der Waals surface area contributed by atoms with E-state index in [2.05, 4.69) is 0 Å². The maximum absolute atomic E-state index is 0. The van der Waals surface area contributed by atoms with Crippen LogP contribution in [0.1, 0.15) is 0 Å². The topological polar surface area (TPSA) is 0 Å². The SMILES string of the molecule is [Am+3].[Am+3].[S-2].[S-2].[S-2]. The minimum Gasteiger partial charge on any atom is -2.00 e. The molecule has 0 aliphatic carbocycles. The second-order valence-corrected chi connectivity index (χ2v) is 0. The molecule has 0 amide bonds. The molecule has 0 fully saturated rings. The molecule has 0 aromatic heterocycles. The van der Waals surface area contributed by atoms with E-state index in [1.807, 2.05) is 0 Å². The van der Waals surface area contributed by atoms with Gasteiger partial charge in [0, 0.05) is 0 Å². The summed E-state index contributed by atoms with van der Waals surface area (Å²) in [6, 6.07) is 0. The van der Waals surface area contributed by atoms with Crippen molar-refractivity contribution in [2.24, 2.45) is 0 Å². The minimum atomic E-state index is 0. The second kappa shape index (κ2) is 40.6. The summed E-state index contributed by atoms with van der Waals surface area (Å²) in [5, 5.41) is 0. The van der Waals surface area contributed by atoms with Gasteiger partial charge in [0.15, 0.2) is 0 Å². The minimum absolute atomic E-state index is 0. The van der Waals surface area contributed by atoms with Crippen LogP contribution in [-0.4, -0.2) is 0 Å². The van der Waals surface area contributed by atoms with Crippen molar-refractivity contribution in [1.82, 2.24) is 0 Å². The molecule has 0 aliphatic rings. The number of hydrogen-bond acceptors (Lipinski definition) is 0. The van der Waals surface area contributed by atoms with Crippen molar-refractivity contribution < 1.29 is 28.6 Å². The fraction of sp³-hybridized carbons (Fsp3) is 0. The first-order valence-electron chi connectivity index (χ1n) is 0. The van der Waals surface area contributed by atoms with Gasteiger partial charge < -0.3 is 40.5 Å². The van der Waals surface area contributed by atoms with E-state index in [0.717, 1.165) is 0 Å². The molecule has 0 aliphatic heterocycles. The summed E-state index contributed by atoms with van der Waals surface area (Å²) in [5.74, 6) is 0. The standard InChI is InChI=1S/2Am.3S/q2*+3;3*-2. The zero-order valence-electron chi connectivity index (χ0n) is 1.98. The van der Waals surface area contributed by atoms with E-state index in [-0.39, 0.29) is 69.1 Å². The summed E-state index contributed by atoms with van der Waals surface area (Å²) in [7, 11) is 0. The van der Waals surface area contributed by atoms with E-state index in [1.165, 1.54) is 0 Å². The first-order chi connectivity index (χ1) is 0. The van der Waals surface area contributed by atoms with Crippen molar-refractivity contribution in [3.63, 3.8) is 0 Å². The van der Waals surface area contributed by atoms with Gasteiger partial charge in [-0.3, -0.25) is 0 Å². The molecule has 0 rings (SSSR count). The molecular formula is Am2S3. The smallest absolute Gasteiger partial charge is 2.00 e. The van der Waals surface area contributed by atoms with Crippen molar-refractivity contribution in [3.8, 4) is 0 Å². The summed E-state index contributed by atoms with van der Waals surface area (Å²) in [6.07, 6.45) is 0. The van der Waals surface area contributed by atoms with E-state index < -0.39 is 0 Å². The van der Waals surface area contributed by atoms with Gasteiger partial charge in [-0.25, -0.2) is 0 Å². The third kappa shape index (κ3) is 25.5. The van der Waals surface area contributed by atoms with Crippen molar-refractivity contribution in [2.45, 2.75) is 0 Å². The Balaban J connectivity index is 0. The first-order valence-corrected chi connectivity index (χ1v) is 0. The quantitative estimate of drug-likeness (QED) is 0.378. The van der Waals surface area contributed by atoms with Crippen LogP contribution in [0.5, 0.6) is 0 Å². The van der Waals surface area contributed by atoms with Crippen LogP contribution in [0.3, 0.4) is 0 Å². The zero-order valence-corrected chi connectivity index (χ0v) is 10.7. The van der Waals surface area contributed by atoms with E-state index in [1.54, 1.807) is 0 Å². The molecule has 5 heteroatoms. The van der Waals surface area contributed by atoms with Crippen LogP contribution in [-0.2, 0) is 40.5 Å². The van der Waals surface area contributed by atoms with Gasteiger partial charge in [0.25, 0.3) is 0 Å². The average molecular weight is 582 g/mol. The van der Waals surface area contributed by atoms with Crippen LogP contribution < -0.4 is 0 Å². The van der Waals surface area contributed by atoms with Crippen LogP contribution in [0, 0.1) is 28.6 Å². The molecule has 0 bridgehead atoms. The number of hydrogen-bond donors (Lipinski definition) is 0. The maximum Gasteiger partial charge on any atom is 3.00 e. The molecule has 0 heterocycles. The Bertz CT molecular complexity index is 4.85. The second-order valence-electron chi connectivity index (χ2n) is 0. The molecule has 0 aromatic carbocycles. The average Bonchev–Trinajstić information content (AvgIpc) is 0. The Morgan fingerprint density at radius 1 is 0.400 bits per heavy atom. The van der Waals surface area contributed by atoms with Crippen molar-refractivity contribution in [1.29, 1.82) is 0 Å². The molecule has 0 saturated carbocycles. The monoisotopic (exact) mass is 578 g/mol. The van der Waals surface area contributed by atoms with Gasteiger partial charge in [0.2, 0.25) is 0 Å². The molecule has 0 saturated heterocycles. The molecule has 0 nitrogen and oxygen atoms in total. The van der Waals surface area contributed by atoms with Crippen LogP contribution in [0.4, 0.5) is 0 Å². The molecule has 0 aromatic rings. The molecule has 0 unspecified atom stereocenters. The summed E-state index contributed by atoms with van der Waals surface area (Å²) >= 11 is 0. The first kappa shape index (κ1) is 69.4. The Hall–Kier alpha value is 1.83. The molecule has 5 heavy (non-hydrogen) atoms. The third-order valence-electron chi connectivity index (χ3n) is 0. The molecule has 0 N–H and O–H groups in total. The van der Waals surface area contributed by atoms with Crippen molar-refractivity contribution in [2.75, 3.05) is 0 Å². The maximum atomic E-state index is 0. The van der Waals surface area contributed by atoms with Gasteiger partial charge >= 0.3 is 28.6 Å². The Morgan fingerprint density at radius 3 is 0.400 bits per heavy atom. The van der Waals surface area contributed by atoms with E-state index in [4.69, 9.17) is 0 Å². The Labute approximate surface area is 68.8 Å². The van der Waals surface area contributed by atoms with Crippen LogP contribution in [0.25, 0.3) is 0 Å². The predicted octanol–water partition coefficient (Wildman–Crippen LogP) is -0.00720. The van der Waals surface area contributed by atoms with Crippen LogP contribution in [0.2, 0.25) is 0 Å². The van der Waals surface area contributed by atoms with E-state index in [9.17, 15) is 0 Å². The van der Waals surface area contributed by atoms with Crippen molar-refractivity contribution >= 4 is 40.5 Å². The zero-order chi connectivity index (χ0) is 0. The van der Waals surface area contributed by atoms with E-state index in [0.29, 0.717) is 0 Å². The Kier molecular flexibility index (Phi) is 564. The third-order valence-corrected chi connectivity index (χ3v) is 0. The summed E-state index contributed by atoms with van der Waals surface area (Å²) < 4.78 is 0. The van der Waals surface area contributed by atoms with Gasteiger partial charge in [0.05, 0.1) is 0 Å². The van der Waals surface area contributed by atoms with Crippen molar-refractivity contribution in [3.05, 3.63) is 0 Å².